The number of nitrogens with zero attached hydrogens (tertiary/aromatic N) is 1. The van der Waals surface area contributed by atoms with Gasteiger partial charge < -0.3 is 5.32 Å². The van der Waals surface area contributed by atoms with Crippen molar-refractivity contribution < 1.29 is 13.2 Å². The van der Waals surface area contributed by atoms with Crippen LogP contribution in [0.2, 0.25) is 0 Å². The lowest BCUT2D eigenvalue weighted by atomic mass is 9.99. The zero-order chi connectivity index (χ0) is 18.6. The molecule has 0 radical (unpaired) electrons. The Balaban J connectivity index is 1.59. The Bertz CT molecular complexity index is 836. The van der Waals surface area contributed by atoms with E-state index in [1.165, 1.54) is 9.18 Å². The Hall–Kier alpha value is -1.22. The van der Waals surface area contributed by atoms with E-state index in [2.05, 4.69) is 21.2 Å². The number of nitrogens with one attached hydrogen (secondary N) is 1. The van der Waals surface area contributed by atoms with Gasteiger partial charge in [0.25, 0.3) is 0 Å². The molecule has 2 heterocycles. The van der Waals surface area contributed by atoms with Gasteiger partial charge in [0.2, 0.25) is 15.9 Å². The molecule has 1 aromatic carbocycles. The molecule has 1 N–H and O–H groups in total. The number of hydrogen-bond donors (Lipinski definition) is 1. The van der Waals surface area contributed by atoms with Gasteiger partial charge in [-0.3, -0.25) is 4.79 Å². The van der Waals surface area contributed by atoms with E-state index in [0.29, 0.717) is 19.5 Å². The molecule has 3 rings (SSSR count). The van der Waals surface area contributed by atoms with E-state index in [0.717, 1.165) is 17.3 Å². The van der Waals surface area contributed by atoms with Crippen molar-refractivity contribution in [3.05, 3.63) is 51.1 Å². The molecule has 1 fully saturated rings. The summed E-state index contributed by atoms with van der Waals surface area (Å²) in [4.78, 5) is 13.9. The lowest BCUT2D eigenvalue weighted by molar-refractivity contribution is -0.126. The third kappa shape index (κ3) is 4.73. The molecule has 1 aliphatic heterocycles. The van der Waals surface area contributed by atoms with Crippen LogP contribution >= 0.6 is 27.3 Å². The molecule has 1 unspecified atom stereocenters. The first-order chi connectivity index (χ1) is 12.5. The van der Waals surface area contributed by atoms with Crippen LogP contribution in [0.4, 0.5) is 0 Å². The molecule has 1 amide bonds. The smallest absolute Gasteiger partial charge is 0.243 e. The fourth-order valence-corrected chi connectivity index (χ4v) is 5.54. The topological polar surface area (TPSA) is 66.5 Å². The van der Waals surface area contributed by atoms with E-state index in [4.69, 9.17) is 0 Å². The summed E-state index contributed by atoms with van der Waals surface area (Å²) in [6.07, 6.45) is 2.22. The van der Waals surface area contributed by atoms with Crippen molar-refractivity contribution in [2.45, 2.75) is 24.2 Å². The van der Waals surface area contributed by atoms with Gasteiger partial charge >= 0.3 is 0 Å². The Morgan fingerprint density at radius 3 is 2.73 bits per heavy atom. The number of carbonyl (C=O) groups excluding carboxylic acids is 1. The molecule has 1 saturated heterocycles. The highest BCUT2D eigenvalue weighted by atomic mass is 79.9. The van der Waals surface area contributed by atoms with Crippen LogP contribution in [0.1, 0.15) is 17.7 Å². The summed E-state index contributed by atoms with van der Waals surface area (Å²) in [5, 5.41) is 4.97. The van der Waals surface area contributed by atoms with Crippen molar-refractivity contribution in [3.8, 4) is 0 Å². The van der Waals surface area contributed by atoms with Crippen LogP contribution in [-0.4, -0.2) is 38.3 Å². The zero-order valence-corrected chi connectivity index (χ0v) is 17.4. The molecule has 1 atom stereocenters. The predicted octanol–water partition coefficient (Wildman–Crippen LogP) is 3.27. The Morgan fingerprint density at radius 2 is 2.04 bits per heavy atom. The van der Waals surface area contributed by atoms with E-state index in [9.17, 15) is 13.2 Å². The third-order valence-electron chi connectivity index (χ3n) is 4.46. The van der Waals surface area contributed by atoms with Crippen LogP contribution in [0, 0.1) is 5.92 Å². The van der Waals surface area contributed by atoms with E-state index in [-0.39, 0.29) is 23.3 Å². The van der Waals surface area contributed by atoms with Crippen molar-refractivity contribution in [2.24, 2.45) is 5.92 Å². The highest BCUT2D eigenvalue weighted by Crippen LogP contribution is 2.25. The van der Waals surface area contributed by atoms with Gasteiger partial charge in [0.15, 0.2) is 0 Å². The minimum Gasteiger partial charge on any atom is -0.355 e. The number of benzene rings is 1. The average molecular weight is 457 g/mol. The minimum atomic E-state index is -3.57. The summed E-state index contributed by atoms with van der Waals surface area (Å²) in [5.74, 6) is -0.352. The lowest BCUT2D eigenvalue weighted by Crippen LogP contribution is -2.45. The summed E-state index contributed by atoms with van der Waals surface area (Å²) >= 11 is 4.98. The molecular weight excluding hydrogens is 436 g/mol. The minimum absolute atomic E-state index is 0.0581. The zero-order valence-electron chi connectivity index (χ0n) is 14.2. The predicted molar refractivity (Wildman–Crippen MR) is 107 cm³/mol. The largest absolute Gasteiger partial charge is 0.355 e. The average Bonchev–Trinajstić information content (AvgIpc) is 3.15. The van der Waals surface area contributed by atoms with Gasteiger partial charge in [-0.2, -0.15) is 4.31 Å². The van der Waals surface area contributed by atoms with E-state index in [1.807, 2.05) is 17.5 Å². The SMILES string of the molecule is O=C(NCCc1cccs1)C1CCCN(S(=O)(=O)c2ccc(Br)cc2)C1. The molecule has 0 spiro atoms. The second kappa shape index (κ2) is 8.65. The highest BCUT2D eigenvalue weighted by Gasteiger charge is 2.33. The Kier molecular flexibility index (Phi) is 6.50. The molecule has 2 aromatic rings. The number of amides is 1. The fraction of sp³-hybridized carbons (Fsp3) is 0.389. The fourth-order valence-electron chi connectivity index (χ4n) is 3.04. The van der Waals surface area contributed by atoms with Crippen LogP contribution in [0.15, 0.2) is 51.1 Å². The van der Waals surface area contributed by atoms with Gasteiger partial charge in [0, 0.05) is 29.0 Å². The number of thiophene rings is 1. The van der Waals surface area contributed by atoms with E-state index in [1.54, 1.807) is 35.6 Å². The normalized spacial score (nSPS) is 18.6. The number of rotatable bonds is 6. The lowest BCUT2D eigenvalue weighted by Gasteiger charge is -2.31. The summed E-state index contributed by atoms with van der Waals surface area (Å²) in [6, 6.07) is 10.6. The monoisotopic (exact) mass is 456 g/mol. The number of sulfonamides is 1. The van der Waals surface area contributed by atoms with Gasteiger partial charge in [-0.25, -0.2) is 8.42 Å². The number of carbonyl (C=O) groups is 1. The first-order valence-corrected chi connectivity index (χ1v) is 11.6. The summed E-state index contributed by atoms with van der Waals surface area (Å²) in [5.41, 5.74) is 0. The molecule has 140 valence electrons. The van der Waals surface area contributed by atoms with Gasteiger partial charge in [0.1, 0.15) is 0 Å². The molecule has 0 bridgehead atoms. The molecule has 0 saturated carbocycles. The van der Waals surface area contributed by atoms with E-state index >= 15 is 0 Å². The maximum atomic E-state index is 12.8. The van der Waals surface area contributed by atoms with Gasteiger partial charge in [0.05, 0.1) is 10.8 Å². The standard InChI is InChI=1S/C18H21BrN2O3S2/c19-15-5-7-17(8-6-15)26(23,24)21-11-1-3-14(13-21)18(22)20-10-9-16-4-2-12-25-16/h2,4-8,12,14H,1,3,9-11,13H2,(H,20,22). The van der Waals surface area contributed by atoms with Crippen molar-refractivity contribution in [1.29, 1.82) is 0 Å². The van der Waals surface area contributed by atoms with Gasteiger partial charge in [-0.1, -0.05) is 22.0 Å². The first kappa shape index (κ1) is 19.5. The van der Waals surface area contributed by atoms with Crippen LogP contribution in [-0.2, 0) is 21.2 Å². The molecule has 1 aliphatic rings. The van der Waals surface area contributed by atoms with Crippen LogP contribution < -0.4 is 5.32 Å². The second-order valence-electron chi connectivity index (χ2n) is 6.28. The number of piperidine rings is 1. The highest BCUT2D eigenvalue weighted by molar-refractivity contribution is 9.10. The molecule has 0 aliphatic carbocycles. The van der Waals surface area contributed by atoms with Crippen molar-refractivity contribution >= 4 is 43.2 Å². The van der Waals surface area contributed by atoms with Crippen molar-refractivity contribution in [1.82, 2.24) is 9.62 Å². The van der Waals surface area contributed by atoms with Crippen LogP contribution in [0.3, 0.4) is 0 Å². The number of halogens is 1. The molecular formula is C18H21BrN2O3S2. The number of hydrogen-bond acceptors (Lipinski definition) is 4. The summed E-state index contributed by atoms with van der Waals surface area (Å²) < 4.78 is 27.9. The Labute approximate surface area is 166 Å². The summed E-state index contributed by atoms with van der Waals surface area (Å²) in [6.45, 7) is 1.27. The van der Waals surface area contributed by atoms with Crippen molar-refractivity contribution in [3.63, 3.8) is 0 Å². The van der Waals surface area contributed by atoms with Gasteiger partial charge in [-0.15, -0.1) is 11.3 Å². The molecule has 5 nitrogen and oxygen atoms in total. The van der Waals surface area contributed by atoms with Crippen LogP contribution in [0.5, 0.6) is 0 Å². The van der Waals surface area contributed by atoms with E-state index < -0.39 is 10.0 Å². The Morgan fingerprint density at radius 1 is 1.27 bits per heavy atom. The third-order valence-corrected chi connectivity index (χ3v) is 7.80. The van der Waals surface area contributed by atoms with Crippen LogP contribution in [0.25, 0.3) is 0 Å². The summed E-state index contributed by atoms with van der Waals surface area (Å²) in [7, 11) is -3.57. The maximum absolute atomic E-state index is 12.8. The maximum Gasteiger partial charge on any atom is 0.243 e. The second-order valence-corrected chi connectivity index (χ2v) is 10.2. The molecule has 26 heavy (non-hydrogen) atoms. The first-order valence-electron chi connectivity index (χ1n) is 8.52. The van der Waals surface area contributed by atoms with Crippen molar-refractivity contribution in [2.75, 3.05) is 19.6 Å². The van der Waals surface area contributed by atoms with Gasteiger partial charge in [-0.05, 0) is 55.0 Å². The molecule has 1 aromatic heterocycles. The molecule has 8 heteroatoms. The quantitative estimate of drug-likeness (QED) is 0.724.